The highest BCUT2D eigenvalue weighted by Crippen LogP contribution is 2.28. The summed E-state index contributed by atoms with van der Waals surface area (Å²) in [5.74, 6) is -1.38. The molecule has 0 aliphatic carbocycles. The smallest absolute Gasteiger partial charge is 0.408 e. The Morgan fingerprint density at radius 1 is 1.41 bits per heavy atom. The average Bonchev–Trinajstić information content (AvgIpc) is 2.38. The van der Waals surface area contributed by atoms with Crippen LogP contribution in [-0.2, 0) is 14.3 Å². The number of halogens is 4. The molecular formula is C12H13ClF3N3O3. The van der Waals surface area contributed by atoms with Crippen LogP contribution in [0.5, 0.6) is 0 Å². The molecule has 10 heteroatoms. The minimum absolute atomic E-state index is 0.0161. The quantitative estimate of drug-likeness (QED) is 0.636. The maximum atomic E-state index is 12.6. The molecule has 0 saturated heterocycles. The molecule has 1 heterocycles. The number of pyridine rings is 1. The summed E-state index contributed by atoms with van der Waals surface area (Å²) in [6.45, 7) is 1.47. The van der Waals surface area contributed by atoms with Gasteiger partial charge in [0.05, 0.1) is 17.6 Å². The fourth-order valence-corrected chi connectivity index (χ4v) is 1.48. The number of alkyl halides is 3. The zero-order chi connectivity index (χ0) is 16.9. The molecule has 0 saturated carbocycles. The Labute approximate surface area is 129 Å². The van der Waals surface area contributed by atoms with Crippen LogP contribution in [0.2, 0.25) is 5.15 Å². The summed E-state index contributed by atoms with van der Waals surface area (Å²) in [6.07, 6.45) is -3.38. The van der Waals surface area contributed by atoms with Gasteiger partial charge in [-0.3, -0.25) is 9.59 Å². The van der Waals surface area contributed by atoms with Gasteiger partial charge in [-0.25, -0.2) is 4.98 Å². The normalized spacial score (nSPS) is 12.5. The Balaban J connectivity index is 2.86. The molecule has 1 rings (SSSR count). The molecule has 2 N–H and O–H groups in total. The first-order valence-electron chi connectivity index (χ1n) is 6.01. The van der Waals surface area contributed by atoms with Crippen molar-refractivity contribution in [1.29, 1.82) is 0 Å². The molecular weight excluding hydrogens is 327 g/mol. The van der Waals surface area contributed by atoms with Crippen molar-refractivity contribution in [3.05, 3.63) is 17.4 Å². The second-order valence-electron chi connectivity index (χ2n) is 4.29. The van der Waals surface area contributed by atoms with Gasteiger partial charge in [0.1, 0.15) is 11.2 Å². The van der Waals surface area contributed by atoms with Gasteiger partial charge in [0.25, 0.3) is 5.91 Å². The maximum Gasteiger partial charge on any atom is 0.408 e. The van der Waals surface area contributed by atoms with Crippen molar-refractivity contribution in [2.75, 3.05) is 17.2 Å². The number of nitrogens with one attached hydrogen (secondary N) is 2. The van der Waals surface area contributed by atoms with E-state index in [2.05, 4.69) is 20.4 Å². The van der Waals surface area contributed by atoms with Crippen molar-refractivity contribution in [2.24, 2.45) is 0 Å². The molecule has 1 atom stereocenters. The number of aromatic nitrogens is 1. The van der Waals surface area contributed by atoms with Crippen molar-refractivity contribution in [2.45, 2.75) is 26.1 Å². The highest BCUT2D eigenvalue weighted by atomic mass is 35.5. The summed E-state index contributed by atoms with van der Waals surface area (Å²) in [4.78, 5) is 25.8. The zero-order valence-electron chi connectivity index (χ0n) is 11.6. The number of carbonyl (C=O) groups is 2. The Morgan fingerprint density at radius 3 is 2.59 bits per heavy atom. The van der Waals surface area contributed by atoms with Crippen molar-refractivity contribution >= 4 is 34.9 Å². The van der Waals surface area contributed by atoms with E-state index in [1.807, 2.05) is 0 Å². The molecule has 0 spiro atoms. The van der Waals surface area contributed by atoms with Crippen LogP contribution in [0.25, 0.3) is 0 Å². The lowest BCUT2D eigenvalue weighted by atomic mass is 10.2. The summed E-state index contributed by atoms with van der Waals surface area (Å²) in [5.41, 5.74) is -0.0707. The Hall–Kier alpha value is -2.03. The van der Waals surface area contributed by atoms with E-state index in [0.29, 0.717) is 0 Å². The second-order valence-corrected chi connectivity index (χ2v) is 4.68. The molecule has 122 valence electrons. The van der Waals surface area contributed by atoms with E-state index < -0.39 is 30.7 Å². The van der Waals surface area contributed by atoms with E-state index in [9.17, 15) is 22.8 Å². The van der Waals surface area contributed by atoms with Crippen molar-refractivity contribution in [3.8, 4) is 0 Å². The summed E-state index contributed by atoms with van der Waals surface area (Å²) >= 11 is 5.64. The van der Waals surface area contributed by atoms with Crippen molar-refractivity contribution in [3.63, 3.8) is 0 Å². The lowest BCUT2D eigenvalue weighted by molar-refractivity contribution is -0.145. The third-order valence-corrected chi connectivity index (χ3v) is 2.62. The SMILES string of the molecule is CC(=O)OCC(=O)Nc1cnc(Cl)cc1N[C@@H](C)C(F)(F)F. The molecule has 6 nitrogen and oxygen atoms in total. The first-order chi connectivity index (χ1) is 10.1. The van der Waals surface area contributed by atoms with Gasteiger partial charge in [-0.15, -0.1) is 0 Å². The molecule has 0 fully saturated rings. The molecule has 0 unspecified atom stereocenters. The van der Waals surface area contributed by atoms with Crippen LogP contribution in [0.4, 0.5) is 24.5 Å². The first kappa shape index (κ1) is 18.0. The van der Waals surface area contributed by atoms with Gasteiger partial charge in [0, 0.05) is 13.0 Å². The maximum absolute atomic E-state index is 12.6. The van der Waals surface area contributed by atoms with E-state index in [0.717, 1.165) is 26.1 Å². The Kier molecular flexibility index (Phi) is 5.98. The number of esters is 1. The molecule has 0 bridgehead atoms. The van der Waals surface area contributed by atoms with Gasteiger partial charge >= 0.3 is 12.1 Å². The van der Waals surface area contributed by atoms with E-state index >= 15 is 0 Å². The number of nitrogens with zero attached hydrogens (tertiary/aromatic N) is 1. The van der Waals surface area contributed by atoms with Gasteiger partial charge in [-0.05, 0) is 6.92 Å². The fourth-order valence-electron chi connectivity index (χ4n) is 1.32. The number of amides is 1. The van der Waals surface area contributed by atoms with Crippen molar-refractivity contribution < 1.29 is 27.5 Å². The second kappa shape index (κ2) is 7.30. The average molecular weight is 340 g/mol. The molecule has 0 radical (unpaired) electrons. The summed E-state index contributed by atoms with van der Waals surface area (Å²) < 4.78 is 42.2. The van der Waals surface area contributed by atoms with E-state index in [1.54, 1.807) is 0 Å². The molecule has 0 aliphatic heterocycles. The van der Waals surface area contributed by atoms with Gasteiger partial charge in [0.2, 0.25) is 0 Å². The highest BCUT2D eigenvalue weighted by molar-refractivity contribution is 6.29. The third-order valence-electron chi connectivity index (χ3n) is 2.41. The number of hydrogen-bond acceptors (Lipinski definition) is 5. The lowest BCUT2D eigenvalue weighted by Gasteiger charge is -2.20. The summed E-state index contributed by atoms with van der Waals surface area (Å²) in [7, 11) is 0. The van der Waals surface area contributed by atoms with E-state index in [1.165, 1.54) is 0 Å². The third kappa shape index (κ3) is 5.76. The Bertz CT molecular complexity index is 566. The van der Waals surface area contributed by atoms with Gasteiger partial charge in [-0.2, -0.15) is 13.2 Å². The van der Waals surface area contributed by atoms with Crippen LogP contribution in [0, 0.1) is 0 Å². The summed E-state index contributed by atoms with van der Waals surface area (Å²) in [6, 6.07) is -0.722. The minimum Gasteiger partial charge on any atom is -0.456 e. The van der Waals surface area contributed by atoms with E-state index in [4.69, 9.17) is 11.6 Å². The van der Waals surface area contributed by atoms with Crippen LogP contribution in [0.1, 0.15) is 13.8 Å². The predicted molar refractivity (Wildman–Crippen MR) is 73.6 cm³/mol. The minimum atomic E-state index is -4.48. The number of rotatable bonds is 5. The van der Waals surface area contributed by atoms with Crippen LogP contribution >= 0.6 is 11.6 Å². The van der Waals surface area contributed by atoms with Crippen LogP contribution in [-0.4, -0.2) is 35.7 Å². The monoisotopic (exact) mass is 339 g/mol. The topological polar surface area (TPSA) is 80.3 Å². The molecule has 1 aromatic heterocycles. The van der Waals surface area contributed by atoms with Crippen LogP contribution in [0.15, 0.2) is 12.3 Å². The fraction of sp³-hybridized carbons (Fsp3) is 0.417. The molecule has 1 amide bonds. The predicted octanol–water partition coefficient (Wildman–Crippen LogP) is 2.60. The standard InChI is InChI=1S/C12H13ClF3N3O3/c1-6(12(14,15)16)18-8-3-10(13)17-4-9(8)19-11(21)5-22-7(2)20/h3-4,6H,5H2,1-2H3,(H,17,18)(H,19,21)/t6-/m0/s1. The molecule has 0 aromatic carbocycles. The molecule has 0 aliphatic rings. The number of carbonyl (C=O) groups excluding carboxylic acids is 2. The summed E-state index contributed by atoms with van der Waals surface area (Å²) in [5, 5.41) is 4.43. The number of hydrogen-bond donors (Lipinski definition) is 2. The number of ether oxygens (including phenoxy) is 1. The van der Waals surface area contributed by atoms with Crippen LogP contribution < -0.4 is 10.6 Å². The van der Waals surface area contributed by atoms with Crippen LogP contribution in [0.3, 0.4) is 0 Å². The molecule has 22 heavy (non-hydrogen) atoms. The highest BCUT2D eigenvalue weighted by Gasteiger charge is 2.36. The van der Waals surface area contributed by atoms with E-state index in [-0.39, 0.29) is 16.5 Å². The lowest BCUT2D eigenvalue weighted by Crippen LogP contribution is -2.33. The number of anilines is 2. The largest absolute Gasteiger partial charge is 0.456 e. The zero-order valence-corrected chi connectivity index (χ0v) is 12.4. The van der Waals surface area contributed by atoms with Gasteiger partial charge in [-0.1, -0.05) is 11.6 Å². The molecule has 1 aromatic rings. The first-order valence-corrected chi connectivity index (χ1v) is 6.39. The van der Waals surface area contributed by atoms with Crippen molar-refractivity contribution in [1.82, 2.24) is 4.98 Å². The van der Waals surface area contributed by atoms with Gasteiger partial charge in [0.15, 0.2) is 6.61 Å². The van der Waals surface area contributed by atoms with Gasteiger partial charge < -0.3 is 15.4 Å². The Morgan fingerprint density at radius 2 is 2.05 bits per heavy atom.